The van der Waals surface area contributed by atoms with Gasteiger partial charge in [0.25, 0.3) is 0 Å². The molecule has 3 rings (SSSR count). The Bertz CT molecular complexity index is 768. The first-order chi connectivity index (χ1) is 9.18. The van der Waals surface area contributed by atoms with E-state index in [1.165, 1.54) is 17.6 Å². The molecule has 0 saturated heterocycles. The number of aromatic nitrogens is 1. The zero-order valence-electron chi connectivity index (χ0n) is 9.61. The predicted molar refractivity (Wildman–Crippen MR) is 73.4 cm³/mol. The smallest absolute Gasteiger partial charge is 0.321 e. The minimum atomic E-state index is -0.571. The Labute approximate surface area is 112 Å². The molecule has 0 aliphatic heterocycles. The van der Waals surface area contributed by atoms with Gasteiger partial charge < -0.3 is 5.11 Å². The molecule has 0 unspecified atom stereocenters. The first-order valence-electron chi connectivity index (χ1n) is 5.49. The van der Waals surface area contributed by atoms with Crippen LogP contribution in [0.15, 0.2) is 42.5 Å². The Hall–Kier alpha value is -2.47. The average Bonchev–Trinajstić information content (AvgIpc) is 2.82. The van der Waals surface area contributed by atoms with Crippen LogP contribution >= 0.6 is 11.5 Å². The highest BCUT2D eigenvalue weighted by atomic mass is 32.1. The highest BCUT2D eigenvalue weighted by Gasteiger charge is 2.23. The molecule has 1 N–H and O–H groups in total. The second kappa shape index (κ2) is 4.33. The van der Waals surface area contributed by atoms with Crippen LogP contribution in [0.2, 0.25) is 0 Å². The molecular weight excluding hydrogens is 264 g/mol. The minimum absolute atomic E-state index is 0.287. The lowest BCUT2D eigenvalue weighted by Crippen LogP contribution is -1.90. The molecule has 19 heavy (non-hydrogen) atoms. The second-order valence-electron chi connectivity index (χ2n) is 3.96. The maximum Gasteiger partial charge on any atom is 0.321 e. The van der Waals surface area contributed by atoms with Crippen molar-refractivity contribution in [3.8, 4) is 17.0 Å². The van der Waals surface area contributed by atoms with Gasteiger partial charge in [-0.05, 0) is 23.7 Å². The van der Waals surface area contributed by atoms with Crippen molar-refractivity contribution >= 4 is 27.3 Å². The van der Waals surface area contributed by atoms with Gasteiger partial charge in [-0.25, -0.2) is 0 Å². The Morgan fingerprint density at radius 1 is 1.16 bits per heavy atom. The molecule has 0 saturated carbocycles. The highest BCUT2D eigenvalue weighted by Crippen LogP contribution is 2.41. The lowest BCUT2D eigenvalue weighted by molar-refractivity contribution is -0.384. The lowest BCUT2D eigenvalue weighted by Gasteiger charge is -2.00. The Morgan fingerprint density at radius 3 is 2.58 bits per heavy atom. The first kappa shape index (κ1) is 11.6. The van der Waals surface area contributed by atoms with E-state index in [0.717, 1.165) is 5.56 Å². The Kier molecular flexibility index (Phi) is 2.64. The van der Waals surface area contributed by atoms with E-state index >= 15 is 0 Å². The fraction of sp³-hybridized carbons (Fsp3) is 0. The summed E-state index contributed by atoms with van der Waals surface area (Å²) in [5.74, 6) is -0.338. The van der Waals surface area contributed by atoms with Gasteiger partial charge in [0, 0.05) is 5.56 Å². The summed E-state index contributed by atoms with van der Waals surface area (Å²) in [4.78, 5) is 10.6. The van der Waals surface area contributed by atoms with Crippen LogP contribution in [0.5, 0.6) is 5.75 Å². The van der Waals surface area contributed by atoms with Crippen molar-refractivity contribution in [3.63, 3.8) is 0 Å². The average molecular weight is 272 g/mol. The molecule has 0 spiro atoms. The van der Waals surface area contributed by atoms with Crippen LogP contribution in [-0.2, 0) is 0 Å². The fourth-order valence-corrected chi connectivity index (χ4v) is 2.78. The molecule has 0 radical (unpaired) electrons. The van der Waals surface area contributed by atoms with Crippen LogP contribution < -0.4 is 0 Å². The fourth-order valence-electron chi connectivity index (χ4n) is 1.98. The third kappa shape index (κ3) is 1.82. The number of aromatic hydroxyl groups is 1. The van der Waals surface area contributed by atoms with Gasteiger partial charge in [-0.3, -0.25) is 10.1 Å². The van der Waals surface area contributed by atoms with E-state index in [2.05, 4.69) is 4.37 Å². The molecule has 0 fully saturated rings. The maximum absolute atomic E-state index is 11.1. The predicted octanol–water partition coefficient (Wildman–Crippen LogP) is 3.58. The number of phenolic OH excluding ortho intramolecular Hbond substituents is 1. The SMILES string of the molecule is O=[N+]([O-])c1c(O)ccc2snc(-c3ccccc3)c12. The summed E-state index contributed by atoms with van der Waals surface area (Å²) in [5.41, 5.74) is 1.04. The van der Waals surface area contributed by atoms with E-state index in [9.17, 15) is 15.2 Å². The number of hydrogen-bond donors (Lipinski definition) is 1. The van der Waals surface area contributed by atoms with Crippen molar-refractivity contribution < 1.29 is 10.0 Å². The third-order valence-corrected chi connectivity index (χ3v) is 3.63. The van der Waals surface area contributed by atoms with Crippen LogP contribution in [0.1, 0.15) is 0 Å². The molecule has 0 bridgehead atoms. The van der Waals surface area contributed by atoms with E-state index in [1.54, 1.807) is 6.07 Å². The number of nitrogens with zero attached hydrogens (tertiary/aromatic N) is 2. The molecule has 0 aliphatic rings. The van der Waals surface area contributed by atoms with E-state index in [-0.39, 0.29) is 11.4 Å². The van der Waals surface area contributed by atoms with Crippen molar-refractivity contribution in [2.24, 2.45) is 0 Å². The lowest BCUT2D eigenvalue weighted by atomic mass is 10.1. The number of hydrogen-bond acceptors (Lipinski definition) is 5. The van der Waals surface area contributed by atoms with Crippen molar-refractivity contribution in [1.82, 2.24) is 4.37 Å². The van der Waals surface area contributed by atoms with E-state index in [4.69, 9.17) is 0 Å². The number of nitro groups is 1. The van der Waals surface area contributed by atoms with Crippen molar-refractivity contribution in [3.05, 3.63) is 52.6 Å². The summed E-state index contributed by atoms with van der Waals surface area (Å²) in [6, 6.07) is 12.2. The van der Waals surface area contributed by atoms with Gasteiger partial charge in [-0.15, -0.1) is 0 Å². The first-order valence-corrected chi connectivity index (χ1v) is 6.27. The normalized spacial score (nSPS) is 10.7. The van der Waals surface area contributed by atoms with Crippen LogP contribution in [0, 0.1) is 10.1 Å². The monoisotopic (exact) mass is 272 g/mol. The molecule has 5 nitrogen and oxygen atoms in total. The van der Waals surface area contributed by atoms with Crippen molar-refractivity contribution in [1.29, 1.82) is 0 Å². The second-order valence-corrected chi connectivity index (χ2v) is 4.77. The number of nitro benzene ring substituents is 1. The van der Waals surface area contributed by atoms with Gasteiger partial charge in [-0.2, -0.15) is 4.37 Å². The molecule has 3 aromatic rings. The molecule has 0 aliphatic carbocycles. The number of rotatable bonds is 2. The van der Waals surface area contributed by atoms with Gasteiger partial charge >= 0.3 is 5.69 Å². The van der Waals surface area contributed by atoms with Crippen LogP contribution in [0.25, 0.3) is 21.3 Å². The summed E-state index contributed by atoms with van der Waals surface area (Å²) in [6.45, 7) is 0. The van der Waals surface area contributed by atoms with Crippen LogP contribution in [0.4, 0.5) is 5.69 Å². The molecule has 0 amide bonds. The molecule has 94 valence electrons. The van der Waals surface area contributed by atoms with E-state index < -0.39 is 4.92 Å². The van der Waals surface area contributed by atoms with E-state index in [0.29, 0.717) is 15.8 Å². The topological polar surface area (TPSA) is 76.3 Å². The third-order valence-electron chi connectivity index (χ3n) is 2.82. The van der Waals surface area contributed by atoms with E-state index in [1.807, 2.05) is 30.3 Å². The quantitative estimate of drug-likeness (QED) is 0.571. The standard InChI is InChI=1S/C13H8N2O3S/c16-9-6-7-10-11(13(9)15(17)18)12(14-19-10)8-4-2-1-3-5-8/h1-7,16H. The van der Waals surface area contributed by atoms with Crippen LogP contribution in [0.3, 0.4) is 0 Å². The zero-order valence-corrected chi connectivity index (χ0v) is 10.4. The maximum atomic E-state index is 11.1. The van der Waals surface area contributed by atoms with Gasteiger partial charge in [0.2, 0.25) is 0 Å². The summed E-state index contributed by atoms with van der Waals surface area (Å²) in [5, 5.41) is 21.2. The van der Waals surface area contributed by atoms with Crippen molar-refractivity contribution in [2.45, 2.75) is 0 Å². The highest BCUT2D eigenvalue weighted by molar-refractivity contribution is 7.13. The van der Waals surface area contributed by atoms with Gasteiger partial charge in [0.05, 0.1) is 15.3 Å². The number of phenols is 1. The molecule has 2 aromatic carbocycles. The molecule has 1 heterocycles. The summed E-state index contributed by atoms with van der Waals surface area (Å²) in [6.07, 6.45) is 0. The van der Waals surface area contributed by atoms with Crippen molar-refractivity contribution in [2.75, 3.05) is 0 Å². The summed E-state index contributed by atoms with van der Waals surface area (Å²) >= 11 is 1.18. The summed E-state index contributed by atoms with van der Waals surface area (Å²) < 4.78 is 4.96. The number of benzene rings is 2. The Morgan fingerprint density at radius 2 is 1.89 bits per heavy atom. The molecular formula is C13H8N2O3S. The number of fused-ring (bicyclic) bond motifs is 1. The molecule has 0 atom stereocenters. The Balaban J connectivity index is 2.39. The van der Waals surface area contributed by atoms with Gasteiger partial charge in [0.1, 0.15) is 5.39 Å². The minimum Gasteiger partial charge on any atom is -0.502 e. The van der Waals surface area contributed by atoms with Gasteiger partial charge in [0.15, 0.2) is 5.75 Å². The molecule has 6 heteroatoms. The summed E-state index contributed by atoms with van der Waals surface area (Å²) in [7, 11) is 0. The zero-order chi connectivity index (χ0) is 13.4. The van der Waals surface area contributed by atoms with Crippen LogP contribution in [-0.4, -0.2) is 14.4 Å². The van der Waals surface area contributed by atoms with Gasteiger partial charge in [-0.1, -0.05) is 30.3 Å². The largest absolute Gasteiger partial charge is 0.502 e. The molecule has 1 aromatic heterocycles.